The Morgan fingerprint density at radius 2 is 2.44 bits per heavy atom. The van der Waals surface area contributed by atoms with Crippen LogP contribution in [0, 0.1) is 12.3 Å². The molecule has 0 heterocycles. The highest BCUT2D eigenvalue weighted by atomic mass is 31.1. The minimum Gasteiger partial charge on any atom is -0.452 e. The highest BCUT2D eigenvalue weighted by Crippen LogP contribution is 1.91. The number of carbonyl (C=O) groups is 1. The summed E-state index contributed by atoms with van der Waals surface area (Å²) in [4.78, 5) is 10.3. The lowest BCUT2D eigenvalue weighted by atomic mass is 10.7. The molecule has 48 valence electrons. The van der Waals surface area contributed by atoms with E-state index in [1.165, 1.54) is 0 Å². The lowest BCUT2D eigenvalue weighted by Crippen LogP contribution is -2.05. The predicted molar refractivity (Wildman–Crippen MR) is 32.3 cm³/mol. The van der Waals surface area contributed by atoms with E-state index in [2.05, 4.69) is 10.7 Å². The summed E-state index contributed by atoms with van der Waals surface area (Å²) in [6, 6.07) is 0. The van der Waals surface area contributed by atoms with Gasteiger partial charge in [0.1, 0.15) is 6.16 Å². The Bertz CT molecular complexity index is 147. The Balaban J connectivity index is 3.29. The summed E-state index contributed by atoms with van der Waals surface area (Å²) >= 11 is 0. The Labute approximate surface area is 54.6 Å². The fraction of sp³-hybridized carbons (Fsp3) is 0.400. The van der Waals surface area contributed by atoms with E-state index >= 15 is 0 Å². The van der Waals surface area contributed by atoms with E-state index in [1.54, 1.807) is 0 Å². The molecule has 3 nitrogen and oxygen atoms in total. The van der Waals surface area contributed by atoms with Crippen molar-refractivity contribution in [2.45, 2.75) is 0 Å². The summed E-state index contributed by atoms with van der Waals surface area (Å²) in [5, 5.41) is 0. The fourth-order valence-corrected chi connectivity index (χ4v) is 0.417. The van der Waals surface area contributed by atoms with Crippen LogP contribution in [0.1, 0.15) is 0 Å². The van der Waals surface area contributed by atoms with E-state index in [9.17, 15) is 9.36 Å². The Morgan fingerprint density at radius 3 is 2.89 bits per heavy atom. The van der Waals surface area contributed by atoms with Crippen molar-refractivity contribution in [3.05, 3.63) is 0 Å². The van der Waals surface area contributed by atoms with Crippen LogP contribution < -0.4 is 0 Å². The Morgan fingerprint density at radius 1 is 1.78 bits per heavy atom. The molecule has 4 heteroatoms. The van der Waals surface area contributed by atoms with Crippen LogP contribution in [0.3, 0.4) is 0 Å². The third-order valence-corrected chi connectivity index (χ3v) is 0.897. The summed E-state index contributed by atoms with van der Waals surface area (Å²) in [6.07, 6.45) is 4.64. The van der Waals surface area contributed by atoms with Gasteiger partial charge in [0.05, 0.1) is 0 Å². The van der Waals surface area contributed by atoms with E-state index in [0.717, 1.165) is 0 Å². The third kappa shape index (κ3) is 4.99. The number of carbonyl (C=O) groups excluding carboxylic acids is 1. The number of rotatable bonds is 3. The van der Waals surface area contributed by atoms with Crippen LogP contribution in [0.5, 0.6) is 0 Å². The Kier molecular flexibility index (Phi) is 4.76. The van der Waals surface area contributed by atoms with Crippen molar-refractivity contribution in [2.24, 2.45) is 0 Å². The first-order chi connectivity index (χ1) is 4.31. The van der Waals surface area contributed by atoms with Crippen LogP contribution in [0.4, 0.5) is 0 Å². The molecule has 0 aromatic rings. The van der Waals surface area contributed by atoms with Gasteiger partial charge in [-0.1, -0.05) is 5.92 Å². The molecule has 0 fully saturated rings. The summed E-state index contributed by atoms with van der Waals surface area (Å²) in [5.74, 6) is 1.57. The van der Waals surface area contributed by atoms with Crippen molar-refractivity contribution in [3.63, 3.8) is 0 Å². The number of hydrogen-bond donors (Lipinski definition) is 0. The Hall–Kier alpha value is -0.870. The molecule has 0 saturated heterocycles. The van der Waals surface area contributed by atoms with Gasteiger partial charge in [-0.15, -0.1) is 6.42 Å². The number of esters is 1. The van der Waals surface area contributed by atoms with Crippen LogP contribution >= 0.6 is 8.46 Å². The van der Waals surface area contributed by atoms with Crippen LogP contribution in [0.15, 0.2) is 0 Å². The van der Waals surface area contributed by atoms with Crippen molar-refractivity contribution in [1.82, 2.24) is 0 Å². The SMILES string of the molecule is C#CCOC(=O)CP=O. The van der Waals surface area contributed by atoms with Gasteiger partial charge in [-0.3, -0.25) is 9.36 Å². The molecular weight excluding hydrogens is 139 g/mol. The van der Waals surface area contributed by atoms with E-state index in [4.69, 9.17) is 6.42 Å². The molecule has 0 aliphatic rings. The molecular formula is C5H5O3P. The van der Waals surface area contributed by atoms with Gasteiger partial charge in [0, 0.05) is 0 Å². The summed E-state index contributed by atoms with van der Waals surface area (Å²) in [5.41, 5.74) is 0. The minimum atomic E-state index is -0.537. The first-order valence-electron chi connectivity index (χ1n) is 2.19. The van der Waals surface area contributed by atoms with Crippen molar-refractivity contribution in [2.75, 3.05) is 12.8 Å². The normalized spacial score (nSPS) is 8.33. The van der Waals surface area contributed by atoms with Gasteiger partial charge >= 0.3 is 5.97 Å². The molecule has 0 spiro atoms. The fourth-order valence-electron chi connectivity index (χ4n) is 0.221. The first kappa shape index (κ1) is 8.13. The van der Waals surface area contributed by atoms with Crippen molar-refractivity contribution in [3.8, 4) is 12.3 Å². The lowest BCUT2D eigenvalue weighted by molar-refractivity contribution is -0.139. The second kappa shape index (κ2) is 5.27. The van der Waals surface area contributed by atoms with E-state index in [-0.39, 0.29) is 21.2 Å². The average molecular weight is 144 g/mol. The van der Waals surface area contributed by atoms with Crippen LogP contribution in [0.25, 0.3) is 0 Å². The zero-order chi connectivity index (χ0) is 7.11. The summed E-state index contributed by atoms with van der Waals surface area (Å²) in [7, 11) is -0.238. The monoisotopic (exact) mass is 144 g/mol. The van der Waals surface area contributed by atoms with Crippen molar-refractivity contribution in [1.29, 1.82) is 0 Å². The van der Waals surface area contributed by atoms with Gasteiger partial charge in [-0.05, 0) is 0 Å². The molecule has 0 N–H and O–H groups in total. The highest BCUT2D eigenvalue weighted by molar-refractivity contribution is 7.25. The maximum atomic E-state index is 10.3. The van der Waals surface area contributed by atoms with E-state index in [1.807, 2.05) is 0 Å². The molecule has 0 aliphatic heterocycles. The molecule has 0 saturated carbocycles. The predicted octanol–water partition coefficient (Wildman–Crippen LogP) is 0.454. The minimum absolute atomic E-state index is 0.0473. The molecule has 0 atom stereocenters. The number of hydrogen-bond acceptors (Lipinski definition) is 3. The molecule has 0 rings (SSSR count). The highest BCUT2D eigenvalue weighted by Gasteiger charge is 1.98. The van der Waals surface area contributed by atoms with Crippen LogP contribution in [-0.2, 0) is 14.1 Å². The third-order valence-electron chi connectivity index (χ3n) is 0.510. The topological polar surface area (TPSA) is 43.4 Å². The van der Waals surface area contributed by atoms with E-state index < -0.39 is 5.97 Å². The molecule has 0 amide bonds. The largest absolute Gasteiger partial charge is 0.452 e. The lowest BCUT2D eigenvalue weighted by Gasteiger charge is -1.92. The average Bonchev–Trinajstić information content (AvgIpc) is 1.85. The molecule has 0 bridgehead atoms. The molecule has 0 aliphatic carbocycles. The van der Waals surface area contributed by atoms with Crippen molar-refractivity contribution < 1.29 is 14.1 Å². The number of ether oxygens (including phenoxy) is 1. The summed E-state index contributed by atoms with van der Waals surface area (Å²) in [6.45, 7) is -0.0473. The van der Waals surface area contributed by atoms with Gasteiger partial charge in [-0.2, -0.15) is 0 Å². The first-order valence-corrected chi connectivity index (χ1v) is 3.19. The zero-order valence-electron chi connectivity index (χ0n) is 4.66. The van der Waals surface area contributed by atoms with Crippen LogP contribution in [-0.4, -0.2) is 18.7 Å². The molecule has 9 heavy (non-hydrogen) atoms. The maximum Gasteiger partial charge on any atom is 0.318 e. The second-order valence-corrected chi connectivity index (χ2v) is 1.73. The van der Waals surface area contributed by atoms with Gasteiger partial charge in [0.25, 0.3) is 0 Å². The molecule has 0 aromatic heterocycles. The van der Waals surface area contributed by atoms with E-state index in [0.29, 0.717) is 0 Å². The van der Waals surface area contributed by atoms with Crippen molar-refractivity contribution >= 4 is 14.4 Å². The quantitative estimate of drug-likeness (QED) is 0.328. The van der Waals surface area contributed by atoms with Gasteiger partial charge in [-0.25, -0.2) is 0 Å². The zero-order valence-corrected chi connectivity index (χ0v) is 5.56. The smallest absolute Gasteiger partial charge is 0.318 e. The number of terminal acetylenes is 1. The van der Waals surface area contributed by atoms with Gasteiger partial charge in [0.2, 0.25) is 0 Å². The standard InChI is InChI=1S/C5H5O3P/c1-2-3-8-5(6)4-9-7/h1H,3-4H2. The van der Waals surface area contributed by atoms with Gasteiger partial charge < -0.3 is 4.74 Å². The van der Waals surface area contributed by atoms with Gasteiger partial charge in [0.15, 0.2) is 15.1 Å². The second-order valence-electron chi connectivity index (χ2n) is 1.15. The maximum absolute atomic E-state index is 10.3. The molecule has 0 radical (unpaired) electrons. The molecule has 0 unspecified atom stereocenters. The summed E-state index contributed by atoms with van der Waals surface area (Å²) < 4.78 is 14.1. The van der Waals surface area contributed by atoms with Crippen LogP contribution in [0.2, 0.25) is 0 Å². The molecule has 0 aromatic carbocycles.